The molecule has 2 bridgehead atoms. The van der Waals surface area contributed by atoms with Crippen LogP contribution >= 0.6 is 0 Å². The van der Waals surface area contributed by atoms with Gasteiger partial charge in [0.25, 0.3) is 0 Å². The standard InChI is InChI=1S/C20H28N6O2/c1-21-20(22-7-2-10-25-11-4-9-24-25)23-8-3-12-26-18(27)16-14-5-6-15(13-14)17(16)19(26)28/h4-6,9,11,14-17H,2-3,7-8,10,12-13H2,1H3,(H2,21,22,23). The Morgan fingerprint density at radius 1 is 1.11 bits per heavy atom. The summed E-state index contributed by atoms with van der Waals surface area (Å²) in [5.74, 6) is 1.16. The molecule has 150 valence electrons. The van der Waals surface area contributed by atoms with Gasteiger partial charge in [-0.3, -0.25) is 24.2 Å². The van der Waals surface area contributed by atoms with Crippen LogP contribution in [0, 0.1) is 23.7 Å². The maximum atomic E-state index is 12.7. The highest BCUT2D eigenvalue weighted by atomic mass is 16.2. The van der Waals surface area contributed by atoms with E-state index in [9.17, 15) is 9.59 Å². The van der Waals surface area contributed by atoms with E-state index in [0.29, 0.717) is 19.5 Å². The quantitative estimate of drug-likeness (QED) is 0.226. The lowest BCUT2D eigenvalue weighted by Crippen LogP contribution is -2.40. The third kappa shape index (κ3) is 3.55. The zero-order valence-electron chi connectivity index (χ0n) is 16.3. The summed E-state index contributed by atoms with van der Waals surface area (Å²) in [5.41, 5.74) is 0. The molecule has 1 aromatic heterocycles. The Morgan fingerprint density at radius 2 is 1.75 bits per heavy atom. The number of hydrogen-bond acceptors (Lipinski definition) is 4. The van der Waals surface area contributed by atoms with E-state index in [1.807, 2.05) is 16.9 Å². The molecule has 1 saturated carbocycles. The molecule has 2 N–H and O–H groups in total. The number of aromatic nitrogens is 2. The van der Waals surface area contributed by atoms with Gasteiger partial charge in [-0.25, -0.2) is 0 Å². The van der Waals surface area contributed by atoms with Gasteiger partial charge in [-0.1, -0.05) is 12.2 Å². The van der Waals surface area contributed by atoms with E-state index in [1.54, 1.807) is 13.2 Å². The molecular formula is C20H28N6O2. The van der Waals surface area contributed by atoms with Crippen LogP contribution in [-0.2, 0) is 16.1 Å². The number of rotatable bonds is 8. The molecule has 3 aliphatic rings. The number of hydrogen-bond donors (Lipinski definition) is 2. The molecule has 0 radical (unpaired) electrons. The van der Waals surface area contributed by atoms with Crippen LogP contribution in [0.1, 0.15) is 19.3 Å². The van der Waals surface area contributed by atoms with Gasteiger partial charge in [-0.2, -0.15) is 5.10 Å². The van der Waals surface area contributed by atoms with Crippen molar-refractivity contribution in [2.24, 2.45) is 28.7 Å². The zero-order chi connectivity index (χ0) is 19.5. The number of imide groups is 1. The maximum absolute atomic E-state index is 12.7. The zero-order valence-corrected chi connectivity index (χ0v) is 16.3. The monoisotopic (exact) mass is 384 g/mol. The SMILES string of the molecule is CN=C(NCCCN1C(=O)C2C3C=CC(C3)C2C1=O)NCCCn1cccn1. The van der Waals surface area contributed by atoms with E-state index in [4.69, 9.17) is 0 Å². The fourth-order valence-electron chi connectivity index (χ4n) is 4.73. The van der Waals surface area contributed by atoms with Crippen LogP contribution in [0.3, 0.4) is 0 Å². The Balaban J connectivity index is 1.15. The molecule has 2 fully saturated rings. The van der Waals surface area contributed by atoms with E-state index in [0.717, 1.165) is 31.9 Å². The van der Waals surface area contributed by atoms with Gasteiger partial charge in [-0.05, 0) is 37.2 Å². The summed E-state index contributed by atoms with van der Waals surface area (Å²) in [6.07, 6.45) is 10.6. The lowest BCUT2D eigenvalue weighted by Gasteiger charge is -2.18. The molecule has 4 unspecified atom stereocenters. The van der Waals surface area contributed by atoms with Crippen molar-refractivity contribution in [2.45, 2.75) is 25.8 Å². The number of nitrogens with one attached hydrogen (secondary N) is 2. The number of nitrogens with zero attached hydrogens (tertiary/aromatic N) is 4. The Morgan fingerprint density at radius 3 is 2.32 bits per heavy atom. The molecule has 1 aliphatic heterocycles. The minimum atomic E-state index is -0.0975. The summed E-state index contributed by atoms with van der Waals surface area (Å²) < 4.78 is 1.90. The molecule has 0 aromatic carbocycles. The van der Waals surface area contributed by atoms with Crippen LogP contribution in [0.2, 0.25) is 0 Å². The summed E-state index contributed by atoms with van der Waals surface area (Å²) in [7, 11) is 1.74. The first-order valence-electron chi connectivity index (χ1n) is 10.1. The Kier molecular flexibility index (Phi) is 5.45. The first-order chi connectivity index (χ1) is 13.7. The fourth-order valence-corrected chi connectivity index (χ4v) is 4.73. The van der Waals surface area contributed by atoms with E-state index < -0.39 is 0 Å². The maximum Gasteiger partial charge on any atom is 0.233 e. The summed E-state index contributed by atoms with van der Waals surface area (Å²) >= 11 is 0. The Bertz CT molecular complexity index is 742. The fraction of sp³-hybridized carbons (Fsp3) is 0.600. The lowest BCUT2D eigenvalue weighted by molar-refractivity contribution is -0.140. The van der Waals surface area contributed by atoms with Crippen molar-refractivity contribution in [3.05, 3.63) is 30.6 Å². The normalized spacial score (nSPS) is 28.3. The third-order valence-corrected chi connectivity index (χ3v) is 6.05. The van der Waals surface area contributed by atoms with Crippen molar-refractivity contribution in [3.8, 4) is 0 Å². The lowest BCUT2D eigenvalue weighted by atomic mass is 9.85. The largest absolute Gasteiger partial charge is 0.356 e. The van der Waals surface area contributed by atoms with Crippen molar-refractivity contribution in [1.29, 1.82) is 0 Å². The number of carbonyl (C=O) groups is 2. The molecule has 4 atom stereocenters. The van der Waals surface area contributed by atoms with Gasteiger partial charge in [0.15, 0.2) is 5.96 Å². The van der Waals surface area contributed by atoms with Crippen molar-refractivity contribution >= 4 is 17.8 Å². The third-order valence-electron chi connectivity index (χ3n) is 6.05. The molecular weight excluding hydrogens is 356 g/mol. The number of allylic oxidation sites excluding steroid dienone is 2. The van der Waals surface area contributed by atoms with Gasteiger partial charge in [0.05, 0.1) is 11.8 Å². The molecule has 8 heteroatoms. The molecule has 8 nitrogen and oxygen atoms in total. The minimum Gasteiger partial charge on any atom is -0.356 e. The predicted octanol–water partition coefficient (Wildman–Crippen LogP) is 0.635. The highest BCUT2D eigenvalue weighted by molar-refractivity contribution is 6.06. The second-order valence-corrected chi connectivity index (χ2v) is 7.73. The molecule has 2 aliphatic carbocycles. The topological polar surface area (TPSA) is 91.6 Å². The predicted molar refractivity (Wildman–Crippen MR) is 105 cm³/mol. The smallest absolute Gasteiger partial charge is 0.233 e. The summed E-state index contributed by atoms with van der Waals surface area (Å²) in [6.45, 7) is 2.79. The van der Waals surface area contributed by atoms with Crippen LogP contribution in [-0.4, -0.2) is 59.1 Å². The molecule has 2 heterocycles. The highest BCUT2D eigenvalue weighted by Crippen LogP contribution is 2.52. The van der Waals surface area contributed by atoms with Crippen molar-refractivity contribution in [1.82, 2.24) is 25.3 Å². The average Bonchev–Trinajstić information content (AvgIpc) is 3.48. The summed E-state index contributed by atoms with van der Waals surface area (Å²) in [6, 6.07) is 1.91. The first kappa shape index (κ1) is 18.7. The number of guanidine groups is 1. The van der Waals surface area contributed by atoms with Gasteiger partial charge in [0.2, 0.25) is 11.8 Å². The van der Waals surface area contributed by atoms with E-state index >= 15 is 0 Å². The van der Waals surface area contributed by atoms with Crippen LogP contribution in [0.4, 0.5) is 0 Å². The van der Waals surface area contributed by atoms with Gasteiger partial charge >= 0.3 is 0 Å². The first-order valence-corrected chi connectivity index (χ1v) is 10.1. The molecule has 28 heavy (non-hydrogen) atoms. The summed E-state index contributed by atoms with van der Waals surface area (Å²) in [5, 5.41) is 10.7. The van der Waals surface area contributed by atoms with Crippen molar-refractivity contribution < 1.29 is 9.59 Å². The highest BCUT2D eigenvalue weighted by Gasteiger charge is 2.58. The second kappa shape index (κ2) is 8.16. The average molecular weight is 384 g/mol. The van der Waals surface area contributed by atoms with Crippen molar-refractivity contribution in [2.75, 3.05) is 26.7 Å². The van der Waals surface area contributed by atoms with E-state index in [-0.39, 0.29) is 35.5 Å². The molecule has 1 aromatic rings. The minimum absolute atomic E-state index is 0.0352. The number of aliphatic imine (C=N–C) groups is 1. The second-order valence-electron chi connectivity index (χ2n) is 7.73. The van der Waals surface area contributed by atoms with Gasteiger partial charge in [0.1, 0.15) is 0 Å². The number of likely N-dealkylation sites (tertiary alicyclic amines) is 1. The van der Waals surface area contributed by atoms with Crippen LogP contribution in [0.5, 0.6) is 0 Å². The number of carbonyl (C=O) groups excluding carboxylic acids is 2. The molecule has 0 spiro atoms. The van der Waals surface area contributed by atoms with Gasteiger partial charge < -0.3 is 10.6 Å². The van der Waals surface area contributed by atoms with Crippen LogP contribution < -0.4 is 10.6 Å². The molecule has 2 amide bonds. The van der Waals surface area contributed by atoms with Crippen LogP contribution in [0.15, 0.2) is 35.6 Å². The Hall–Kier alpha value is -2.64. The molecule has 4 rings (SSSR count). The summed E-state index contributed by atoms with van der Waals surface area (Å²) in [4.78, 5) is 31.0. The van der Waals surface area contributed by atoms with E-state index in [1.165, 1.54) is 4.90 Å². The number of amides is 2. The Labute approximate surface area is 165 Å². The van der Waals surface area contributed by atoms with Crippen LogP contribution in [0.25, 0.3) is 0 Å². The van der Waals surface area contributed by atoms with Crippen molar-refractivity contribution in [3.63, 3.8) is 0 Å². The number of aryl methyl sites for hydroxylation is 1. The van der Waals surface area contributed by atoms with E-state index in [2.05, 4.69) is 32.9 Å². The van der Waals surface area contributed by atoms with Gasteiger partial charge in [-0.15, -0.1) is 0 Å². The number of fused-ring (bicyclic) bond motifs is 5. The van der Waals surface area contributed by atoms with Gasteiger partial charge in [0, 0.05) is 45.6 Å². The molecule has 1 saturated heterocycles.